The average Bonchev–Trinajstić information content (AvgIpc) is 2.47. The van der Waals surface area contributed by atoms with E-state index in [1.54, 1.807) is 36.4 Å². The van der Waals surface area contributed by atoms with Crippen LogP contribution in [0.3, 0.4) is 0 Å². The van der Waals surface area contributed by atoms with Crippen molar-refractivity contribution in [1.29, 1.82) is 0 Å². The average molecular weight is 310 g/mol. The SMILES string of the molecule is C=C(CC(=O)Oc1cccc(C)c1)C(=O)Oc1cccc(C)c1. The third-order valence-electron chi connectivity index (χ3n) is 3.07. The molecule has 0 saturated carbocycles. The van der Waals surface area contributed by atoms with Crippen LogP contribution in [-0.2, 0) is 9.59 Å². The molecule has 0 aliphatic heterocycles. The van der Waals surface area contributed by atoms with E-state index < -0.39 is 11.9 Å². The highest BCUT2D eigenvalue weighted by Gasteiger charge is 2.15. The predicted molar refractivity (Wildman–Crippen MR) is 87.4 cm³/mol. The molecule has 0 heterocycles. The van der Waals surface area contributed by atoms with Gasteiger partial charge in [0.15, 0.2) is 0 Å². The topological polar surface area (TPSA) is 52.6 Å². The molecular weight excluding hydrogens is 292 g/mol. The Morgan fingerprint density at radius 3 is 1.96 bits per heavy atom. The van der Waals surface area contributed by atoms with E-state index >= 15 is 0 Å². The summed E-state index contributed by atoms with van der Waals surface area (Å²) >= 11 is 0. The molecule has 0 aromatic heterocycles. The first-order chi connectivity index (χ1) is 10.9. The number of aryl methyl sites for hydroxylation is 2. The van der Waals surface area contributed by atoms with Crippen molar-refractivity contribution in [2.45, 2.75) is 20.3 Å². The molecule has 0 aliphatic carbocycles. The zero-order chi connectivity index (χ0) is 16.8. The second kappa shape index (κ2) is 7.40. The van der Waals surface area contributed by atoms with Gasteiger partial charge in [-0.15, -0.1) is 0 Å². The Morgan fingerprint density at radius 2 is 1.43 bits per heavy atom. The van der Waals surface area contributed by atoms with Crippen LogP contribution in [0.15, 0.2) is 60.7 Å². The minimum atomic E-state index is -0.642. The monoisotopic (exact) mass is 310 g/mol. The summed E-state index contributed by atoms with van der Waals surface area (Å²) in [6, 6.07) is 14.2. The van der Waals surface area contributed by atoms with E-state index in [9.17, 15) is 9.59 Å². The number of carbonyl (C=O) groups is 2. The first-order valence-electron chi connectivity index (χ1n) is 7.18. The molecule has 2 rings (SSSR count). The van der Waals surface area contributed by atoms with Crippen LogP contribution >= 0.6 is 0 Å². The van der Waals surface area contributed by atoms with E-state index in [0.717, 1.165) is 11.1 Å². The molecule has 0 unspecified atom stereocenters. The fourth-order valence-corrected chi connectivity index (χ4v) is 1.95. The van der Waals surface area contributed by atoms with Crippen molar-refractivity contribution in [1.82, 2.24) is 0 Å². The molecule has 2 aromatic rings. The van der Waals surface area contributed by atoms with Crippen molar-refractivity contribution in [3.63, 3.8) is 0 Å². The van der Waals surface area contributed by atoms with Crippen molar-refractivity contribution < 1.29 is 19.1 Å². The van der Waals surface area contributed by atoms with E-state index in [2.05, 4.69) is 6.58 Å². The van der Waals surface area contributed by atoms with Crippen molar-refractivity contribution in [3.05, 3.63) is 71.8 Å². The van der Waals surface area contributed by atoms with Crippen molar-refractivity contribution in [2.75, 3.05) is 0 Å². The zero-order valence-corrected chi connectivity index (χ0v) is 13.2. The fraction of sp³-hybridized carbons (Fsp3) is 0.158. The highest BCUT2D eigenvalue weighted by molar-refractivity contribution is 5.94. The molecule has 118 valence electrons. The number of esters is 2. The third kappa shape index (κ3) is 5.11. The van der Waals surface area contributed by atoms with Crippen LogP contribution in [0.1, 0.15) is 17.5 Å². The second-order valence-corrected chi connectivity index (χ2v) is 5.28. The van der Waals surface area contributed by atoms with Gasteiger partial charge in [0, 0.05) is 5.57 Å². The second-order valence-electron chi connectivity index (χ2n) is 5.28. The molecule has 2 aromatic carbocycles. The molecule has 0 aliphatic rings. The molecule has 0 saturated heterocycles. The summed E-state index contributed by atoms with van der Waals surface area (Å²) < 4.78 is 10.4. The van der Waals surface area contributed by atoms with Gasteiger partial charge in [0.1, 0.15) is 11.5 Å². The molecule has 4 heteroatoms. The van der Waals surface area contributed by atoms with Crippen molar-refractivity contribution >= 4 is 11.9 Å². The molecular formula is C19H18O4. The van der Waals surface area contributed by atoms with Gasteiger partial charge >= 0.3 is 11.9 Å². The number of hydrogen-bond acceptors (Lipinski definition) is 4. The van der Waals surface area contributed by atoms with Gasteiger partial charge in [-0.05, 0) is 49.2 Å². The summed E-state index contributed by atoms with van der Waals surface area (Å²) in [4.78, 5) is 23.8. The summed E-state index contributed by atoms with van der Waals surface area (Å²) in [6.07, 6.45) is -0.224. The Hall–Kier alpha value is -2.88. The summed E-state index contributed by atoms with van der Waals surface area (Å²) in [5.74, 6) is -0.336. The number of ether oxygens (including phenoxy) is 2. The lowest BCUT2D eigenvalue weighted by Gasteiger charge is -2.08. The summed E-state index contributed by atoms with van der Waals surface area (Å²) in [5.41, 5.74) is 2.00. The third-order valence-corrected chi connectivity index (χ3v) is 3.07. The minimum absolute atomic E-state index is 0.0455. The highest BCUT2D eigenvalue weighted by atomic mass is 16.5. The van der Waals surface area contributed by atoms with Gasteiger partial charge in [-0.1, -0.05) is 30.8 Å². The summed E-state index contributed by atoms with van der Waals surface area (Å²) in [5, 5.41) is 0. The molecule has 0 N–H and O–H groups in total. The first-order valence-corrected chi connectivity index (χ1v) is 7.18. The van der Waals surface area contributed by atoms with Crippen LogP contribution < -0.4 is 9.47 Å². The maximum Gasteiger partial charge on any atom is 0.339 e. The molecule has 0 fully saturated rings. The Morgan fingerprint density at radius 1 is 0.913 bits per heavy atom. The number of hydrogen-bond donors (Lipinski definition) is 0. The minimum Gasteiger partial charge on any atom is -0.426 e. The molecule has 0 radical (unpaired) electrons. The predicted octanol–water partition coefficient (Wildman–Crippen LogP) is 3.76. The summed E-state index contributed by atoms with van der Waals surface area (Å²) in [6.45, 7) is 7.39. The lowest BCUT2D eigenvalue weighted by molar-refractivity contribution is -0.136. The molecule has 0 amide bonds. The maximum absolute atomic E-state index is 11.9. The molecule has 0 spiro atoms. The highest BCUT2D eigenvalue weighted by Crippen LogP contribution is 2.16. The van der Waals surface area contributed by atoms with Gasteiger partial charge in [0.2, 0.25) is 0 Å². The molecule has 0 bridgehead atoms. The van der Waals surface area contributed by atoms with Gasteiger partial charge in [0.25, 0.3) is 0 Å². The van der Waals surface area contributed by atoms with E-state index in [-0.39, 0.29) is 12.0 Å². The van der Waals surface area contributed by atoms with Crippen LogP contribution in [0.4, 0.5) is 0 Å². The van der Waals surface area contributed by atoms with Gasteiger partial charge in [-0.3, -0.25) is 4.79 Å². The Balaban J connectivity index is 1.90. The molecule has 23 heavy (non-hydrogen) atoms. The van der Waals surface area contributed by atoms with Crippen molar-refractivity contribution in [3.8, 4) is 11.5 Å². The molecule has 0 atom stereocenters. The number of rotatable bonds is 5. The lowest BCUT2D eigenvalue weighted by atomic mass is 10.2. The van der Waals surface area contributed by atoms with Crippen LogP contribution in [-0.4, -0.2) is 11.9 Å². The van der Waals surface area contributed by atoms with E-state index in [4.69, 9.17) is 9.47 Å². The standard InChI is InChI=1S/C19H18O4/c1-13-6-4-8-16(10-13)22-18(20)12-15(3)19(21)23-17-9-5-7-14(2)11-17/h4-11H,3,12H2,1-2H3. The first kappa shape index (κ1) is 16.5. The Bertz CT molecular complexity index is 747. The van der Waals surface area contributed by atoms with E-state index in [1.807, 2.05) is 26.0 Å². The van der Waals surface area contributed by atoms with Gasteiger partial charge < -0.3 is 9.47 Å². The Labute approximate surface area is 135 Å². The normalized spacial score (nSPS) is 10.0. The number of carbonyl (C=O) groups excluding carboxylic acids is 2. The summed E-state index contributed by atoms with van der Waals surface area (Å²) in [7, 11) is 0. The largest absolute Gasteiger partial charge is 0.426 e. The smallest absolute Gasteiger partial charge is 0.339 e. The van der Waals surface area contributed by atoms with Crippen molar-refractivity contribution in [2.24, 2.45) is 0 Å². The van der Waals surface area contributed by atoms with Crippen LogP contribution in [0, 0.1) is 13.8 Å². The van der Waals surface area contributed by atoms with Crippen LogP contribution in [0.2, 0.25) is 0 Å². The van der Waals surface area contributed by atoms with Gasteiger partial charge in [-0.25, -0.2) is 4.79 Å². The Kier molecular flexibility index (Phi) is 5.31. The number of benzene rings is 2. The van der Waals surface area contributed by atoms with Crippen LogP contribution in [0.5, 0.6) is 11.5 Å². The van der Waals surface area contributed by atoms with E-state index in [1.165, 1.54) is 0 Å². The quantitative estimate of drug-likeness (QED) is 0.479. The van der Waals surface area contributed by atoms with Crippen LogP contribution in [0.25, 0.3) is 0 Å². The lowest BCUT2D eigenvalue weighted by Crippen LogP contribution is -2.16. The van der Waals surface area contributed by atoms with Gasteiger partial charge in [0.05, 0.1) is 6.42 Å². The fourth-order valence-electron chi connectivity index (χ4n) is 1.95. The van der Waals surface area contributed by atoms with Gasteiger partial charge in [-0.2, -0.15) is 0 Å². The maximum atomic E-state index is 11.9. The molecule has 4 nitrogen and oxygen atoms in total. The zero-order valence-electron chi connectivity index (χ0n) is 13.2. The van der Waals surface area contributed by atoms with E-state index in [0.29, 0.717) is 11.5 Å².